The van der Waals surface area contributed by atoms with Crippen LogP contribution >= 0.6 is 11.6 Å². The normalized spacial score (nSPS) is 10.9. The van der Waals surface area contributed by atoms with Gasteiger partial charge in [0, 0.05) is 48.5 Å². The van der Waals surface area contributed by atoms with Crippen LogP contribution in [0.2, 0.25) is 5.02 Å². The number of esters is 1. The third-order valence-electron chi connectivity index (χ3n) is 5.62. The topological polar surface area (TPSA) is 106 Å². The molecule has 9 heteroatoms. The summed E-state index contributed by atoms with van der Waals surface area (Å²) >= 11 is 5.98. The molecule has 0 unspecified atom stereocenters. The molecule has 184 valence electrons. The van der Waals surface area contributed by atoms with Crippen molar-refractivity contribution in [2.24, 2.45) is 0 Å². The van der Waals surface area contributed by atoms with Crippen LogP contribution in [-0.4, -0.2) is 40.0 Å². The first kappa shape index (κ1) is 26.0. The predicted octanol–water partition coefficient (Wildman–Crippen LogP) is 5.21. The van der Waals surface area contributed by atoms with E-state index in [9.17, 15) is 19.2 Å². The summed E-state index contributed by atoms with van der Waals surface area (Å²) in [5, 5.41) is 9.95. The van der Waals surface area contributed by atoms with Gasteiger partial charge in [0.15, 0.2) is 0 Å². The Morgan fingerprint density at radius 1 is 1.00 bits per heavy atom. The van der Waals surface area contributed by atoms with Gasteiger partial charge in [-0.2, -0.15) is 0 Å². The van der Waals surface area contributed by atoms with Gasteiger partial charge in [-0.1, -0.05) is 18.0 Å². The first-order chi connectivity index (χ1) is 16.6. The fourth-order valence-corrected chi connectivity index (χ4v) is 4.21. The number of unbranched alkanes of at least 4 members (excludes halogenated alkanes) is 2. The highest BCUT2D eigenvalue weighted by molar-refractivity contribution is 6.30. The van der Waals surface area contributed by atoms with E-state index in [-0.39, 0.29) is 18.2 Å². The van der Waals surface area contributed by atoms with Crippen LogP contribution in [0.4, 0.5) is 5.69 Å². The average Bonchev–Trinajstić information content (AvgIpc) is 3.06. The van der Waals surface area contributed by atoms with Crippen molar-refractivity contribution >= 4 is 51.9 Å². The minimum absolute atomic E-state index is 0.0692. The molecule has 1 heterocycles. The van der Waals surface area contributed by atoms with E-state index in [1.807, 2.05) is 0 Å². The minimum atomic E-state index is -0.856. The fraction of sp³-hybridized carbons (Fsp3) is 0.308. The summed E-state index contributed by atoms with van der Waals surface area (Å²) in [6.45, 7) is 4.85. The zero-order valence-electron chi connectivity index (χ0n) is 19.8. The number of rotatable bonds is 9. The first-order valence-electron chi connectivity index (χ1n) is 11.2. The molecule has 1 aromatic heterocycles. The molecule has 0 spiro atoms. The van der Waals surface area contributed by atoms with Crippen LogP contribution in [0.15, 0.2) is 42.5 Å². The molecule has 0 aliphatic rings. The summed E-state index contributed by atoms with van der Waals surface area (Å²) in [4.78, 5) is 50.1. The van der Waals surface area contributed by atoms with E-state index in [2.05, 4.69) is 0 Å². The monoisotopic (exact) mass is 498 g/mol. The van der Waals surface area contributed by atoms with Gasteiger partial charge < -0.3 is 14.7 Å². The number of halogens is 1. The number of nitrogens with zero attached hydrogens (tertiary/aromatic N) is 2. The van der Waals surface area contributed by atoms with Crippen LogP contribution in [-0.2, 0) is 14.4 Å². The SMILES string of the molecule is CC(=O)Oc1ccc2c(c1)c(N(CCCCCC(=O)O)C(C)=O)c(C)n2C(=O)c1ccc(Cl)cc1. The van der Waals surface area contributed by atoms with Gasteiger partial charge in [-0.15, -0.1) is 0 Å². The Bertz CT molecular complexity index is 1280. The van der Waals surface area contributed by atoms with Crippen LogP contribution in [0.25, 0.3) is 10.9 Å². The number of amides is 1. The summed E-state index contributed by atoms with van der Waals surface area (Å²) in [6, 6.07) is 11.5. The number of benzene rings is 2. The second kappa shape index (κ2) is 11.2. The van der Waals surface area contributed by atoms with Gasteiger partial charge >= 0.3 is 11.9 Å². The summed E-state index contributed by atoms with van der Waals surface area (Å²) in [5.41, 5.74) is 2.08. The quantitative estimate of drug-likeness (QED) is 0.246. The largest absolute Gasteiger partial charge is 0.481 e. The molecular formula is C26H27ClN2O6. The smallest absolute Gasteiger partial charge is 0.308 e. The Balaban J connectivity index is 2.10. The number of hydrogen-bond acceptors (Lipinski definition) is 5. The van der Waals surface area contributed by atoms with Gasteiger partial charge in [-0.05, 0) is 62.2 Å². The molecule has 0 aliphatic carbocycles. The highest BCUT2D eigenvalue weighted by Crippen LogP contribution is 2.37. The van der Waals surface area contributed by atoms with E-state index in [0.29, 0.717) is 64.4 Å². The number of aliphatic carboxylic acids is 1. The molecule has 2 aromatic carbocycles. The van der Waals surface area contributed by atoms with E-state index in [0.717, 1.165) is 0 Å². The van der Waals surface area contributed by atoms with Gasteiger partial charge in [-0.25, -0.2) is 0 Å². The number of ether oxygens (including phenoxy) is 1. The first-order valence-corrected chi connectivity index (χ1v) is 11.6. The van der Waals surface area contributed by atoms with E-state index in [1.165, 1.54) is 18.4 Å². The van der Waals surface area contributed by atoms with Crippen molar-refractivity contribution in [3.8, 4) is 5.75 Å². The number of aromatic nitrogens is 1. The molecule has 0 saturated heterocycles. The standard InChI is InChI=1S/C26H27ClN2O6/c1-16-25(28(17(2)30)14-6-4-5-7-24(32)33)22-15-21(35-18(3)31)12-13-23(22)29(16)26(34)19-8-10-20(27)11-9-19/h8-13,15H,4-7,14H2,1-3H3,(H,32,33). The second-order valence-electron chi connectivity index (χ2n) is 8.23. The Morgan fingerprint density at radius 3 is 2.29 bits per heavy atom. The molecule has 3 aromatic rings. The molecule has 1 amide bonds. The molecule has 0 saturated carbocycles. The lowest BCUT2D eigenvalue weighted by Crippen LogP contribution is -2.30. The lowest BCUT2D eigenvalue weighted by atomic mass is 10.1. The number of anilines is 1. The Morgan fingerprint density at radius 2 is 1.69 bits per heavy atom. The summed E-state index contributed by atoms with van der Waals surface area (Å²) in [5.74, 6) is -1.55. The predicted molar refractivity (Wildman–Crippen MR) is 133 cm³/mol. The van der Waals surface area contributed by atoms with E-state index < -0.39 is 11.9 Å². The van der Waals surface area contributed by atoms with Crippen LogP contribution in [0, 0.1) is 6.92 Å². The molecule has 35 heavy (non-hydrogen) atoms. The third-order valence-corrected chi connectivity index (χ3v) is 5.87. The number of hydrogen-bond donors (Lipinski definition) is 1. The molecule has 0 atom stereocenters. The molecular weight excluding hydrogens is 472 g/mol. The van der Waals surface area contributed by atoms with Gasteiger partial charge in [-0.3, -0.25) is 23.7 Å². The van der Waals surface area contributed by atoms with Crippen molar-refractivity contribution in [2.45, 2.75) is 46.5 Å². The van der Waals surface area contributed by atoms with E-state index in [4.69, 9.17) is 21.4 Å². The molecule has 0 radical (unpaired) electrons. The third kappa shape index (κ3) is 6.08. The number of carboxylic acids is 1. The van der Waals surface area contributed by atoms with E-state index >= 15 is 0 Å². The van der Waals surface area contributed by atoms with Gasteiger partial charge in [0.1, 0.15) is 5.75 Å². The Hall–Kier alpha value is -3.65. The van der Waals surface area contributed by atoms with Crippen molar-refractivity contribution in [1.82, 2.24) is 4.57 Å². The van der Waals surface area contributed by atoms with Crippen molar-refractivity contribution in [2.75, 3.05) is 11.4 Å². The van der Waals surface area contributed by atoms with Gasteiger partial charge in [0.05, 0.1) is 11.2 Å². The number of carbonyl (C=O) groups is 4. The second-order valence-corrected chi connectivity index (χ2v) is 8.67. The minimum Gasteiger partial charge on any atom is -0.481 e. The fourth-order valence-electron chi connectivity index (χ4n) is 4.08. The maximum atomic E-state index is 13.5. The summed E-state index contributed by atoms with van der Waals surface area (Å²) < 4.78 is 6.79. The maximum absolute atomic E-state index is 13.5. The van der Waals surface area contributed by atoms with Crippen LogP contribution < -0.4 is 9.64 Å². The highest BCUT2D eigenvalue weighted by atomic mass is 35.5. The molecule has 8 nitrogen and oxygen atoms in total. The van der Waals surface area contributed by atoms with Gasteiger partial charge in [0.25, 0.3) is 5.91 Å². The Kier molecular flexibility index (Phi) is 8.30. The Labute approximate surface area is 208 Å². The maximum Gasteiger partial charge on any atom is 0.308 e. The summed E-state index contributed by atoms with van der Waals surface area (Å²) in [7, 11) is 0. The molecule has 3 rings (SSSR count). The average molecular weight is 499 g/mol. The molecule has 0 fully saturated rings. The molecule has 0 aliphatic heterocycles. The molecule has 0 bridgehead atoms. The lowest BCUT2D eigenvalue weighted by molar-refractivity contribution is -0.137. The van der Waals surface area contributed by atoms with Gasteiger partial charge in [0.2, 0.25) is 5.91 Å². The zero-order valence-corrected chi connectivity index (χ0v) is 20.6. The van der Waals surface area contributed by atoms with Crippen molar-refractivity contribution < 1.29 is 29.0 Å². The van der Waals surface area contributed by atoms with Crippen molar-refractivity contribution in [1.29, 1.82) is 0 Å². The van der Waals surface area contributed by atoms with Crippen molar-refractivity contribution in [3.63, 3.8) is 0 Å². The van der Waals surface area contributed by atoms with E-state index in [1.54, 1.807) is 54.3 Å². The van der Waals surface area contributed by atoms with Crippen LogP contribution in [0.3, 0.4) is 0 Å². The highest BCUT2D eigenvalue weighted by Gasteiger charge is 2.26. The molecule has 1 N–H and O–H groups in total. The number of carbonyl (C=O) groups excluding carboxylic acids is 3. The number of fused-ring (bicyclic) bond motifs is 1. The number of carboxylic acid groups (broad SMARTS) is 1. The zero-order chi connectivity index (χ0) is 25.7. The van der Waals surface area contributed by atoms with Crippen LogP contribution in [0.5, 0.6) is 5.75 Å². The van der Waals surface area contributed by atoms with Crippen LogP contribution in [0.1, 0.15) is 55.6 Å². The van der Waals surface area contributed by atoms with Crippen molar-refractivity contribution in [3.05, 3.63) is 58.7 Å². The summed E-state index contributed by atoms with van der Waals surface area (Å²) in [6.07, 6.45) is 1.80. The lowest BCUT2D eigenvalue weighted by Gasteiger charge is -2.22.